The summed E-state index contributed by atoms with van der Waals surface area (Å²) in [6.45, 7) is 4.87. The predicted molar refractivity (Wildman–Crippen MR) is 79.7 cm³/mol. The molecule has 2 N–H and O–H groups in total. The molecule has 1 atom stereocenters. The lowest BCUT2D eigenvalue weighted by Crippen LogP contribution is -2.23. The van der Waals surface area contributed by atoms with Gasteiger partial charge in [-0.2, -0.15) is 4.98 Å². The molecule has 120 valence electrons. The number of ether oxygens (including phenoxy) is 2. The van der Waals surface area contributed by atoms with Gasteiger partial charge in [-0.25, -0.2) is 0 Å². The first-order valence-corrected chi connectivity index (χ1v) is 7.06. The fourth-order valence-electron chi connectivity index (χ4n) is 1.90. The molecule has 0 saturated carbocycles. The van der Waals surface area contributed by atoms with E-state index >= 15 is 0 Å². The molecule has 0 unspecified atom stereocenters. The second-order valence-electron chi connectivity index (χ2n) is 4.99. The van der Waals surface area contributed by atoms with E-state index in [9.17, 15) is 5.11 Å². The standard InChI is InChI=1S/C15H21N3O4/c1-10(19)7-16-8-12-4-5-13(14(6-12)20-3)21-9-15-17-11(2)18-22-15/h4-6,10,16,19H,7-9H2,1-3H3/t10-/m0/s1. The minimum absolute atomic E-state index is 0.191. The van der Waals surface area contributed by atoms with Crippen LogP contribution in [-0.4, -0.2) is 35.0 Å². The number of nitrogens with zero attached hydrogens (tertiary/aromatic N) is 2. The largest absolute Gasteiger partial charge is 0.493 e. The van der Waals surface area contributed by atoms with Gasteiger partial charge < -0.3 is 24.4 Å². The van der Waals surface area contributed by atoms with Gasteiger partial charge in [0.15, 0.2) is 23.9 Å². The van der Waals surface area contributed by atoms with Crippen molar-refractivity contribution in [3.8, 4) is 11.5 Å². The number of aliphatic hydroxyl groups excluding tert-OH is 1. The number of hydrogen-bond donors (Lipinski definition) is 2. The maximum Gasteiger partial charge on any atom is 0.264 e. The molecule has 0 aliphatic carbocycles. The zero-order chi connectivity index (χ0) is 15.9. The molecule has 0 saturated heterocycles. The van der Waals surface area contributed by atoms with Crippen LogP contribution in [0.3, 0.4) is 0 Å². The van der Waals surface area contributed by atoms with Crippen LogP contribution in [-0.2, 0) is 13.2 Å². The summed E-state index contributed by atoms with van der Waals surface area (Å²) in [7, 11) is 1.59. The van der Waals surface area contributed by atoms with Gasteiger partial charge in [-0.1, -0.05) is 11.2 Å². The maximum atomic E-state index is 9.23. The lowest BCUT2D eigenvalue weighted by atomic mass is 10.2. The lowest BCUT2D eigenvalue weighted by Gasteiger charge is -2.12. The first-order valence-electron chi connectivity index (χ1n) is 7.06. The first-order chi connectivity index (χ1) is 10.6. The molecule has 0 bridgehead atoms. The van der Waals surface area contributed by atoms with Crippen LogP contribution in [0.25, 0.3) is 0 Å². The zero-order valence-electron chi connectivity index (χ0n) is 13.0. The van der Waals surface area contributed by atoms with Crippen LogP contribution in [0.2, 0.25) is 0 Å². The number of aryl methyl sites for hydroxylation is 1. The van der Waals surface area contributed by atoms with E-state index in [1.165, 1.54) is 0 Å². The SMILES string of the molecule is COc1cc(CNC[C@H](C)O)ccc1OCc1nc(C)no1. The molecule has 7 nitrogen and oxygen atoms in total. The van der Waals surface area contributed by atoms with Crippen LogP contribution in [0.4, 0.5) is 0 Å². The Hall–Kier alpha value is -2.12. The fourth-order valence-corrected chi connectivity index (χ4v) is 1.90. The third-order valence-corrected chi connectivity index (χ3v) is 2.92. The van der Waals surface area contributed by atoms with E-state index in [0.717, 1.165) is 5.56 Å². The smallest absolute Gasteiger partial charge is 0.264 e. The molecular weight excluding hydrogens is 286 g/mol. The Morgan fingerprint density at radius 3 is 2.82 bits per heavy atom. The van der Waals surface area contributed by atoms with Gasteiger partial charge in [0.1, 0.15) is 0 Å². The van der Waals surface area contributed by atoms with Crippen LogP contribution in [0.5, 0.6) is 11.5 Å². The molecule has 7 heteroatoms. The highest BCUT2D eigenvalue weighted by molar-refractivity contribution is 5.42. The fraction of sp³-hybridized carbons (Fsp3) is 0.467. The van der Waals surface area contributed by atoms with E-state index in [0.29, 0.717) is 36.3 Å². The van der Waals surface area contributed by atoms with Crippen molar-refractivity contribution in [3.05, 3.63) is 35.5 Å². The van der Waals surface area contributed by atoms with Crippen molar-refractivity contribution in [1.82, 2.24) is 15.5 Å². The predicted octanol–water partition coefficient (Wildman–Crippen LogP) is 1.44. The molecule has 2 rings (SSSR count). The molecule has 0 fully saturated rings. The second-order valence-corrected chi connectivity index (χ2v) is 4.99. The number of rotatable bonds is 8. The Morgan fingerprint density at radius 1 is 1.36 bits per heavy atom. The van der Waals surface area contributed by atoms with Crippen molar-refractivity contribution in [3.63, 3.8) is 0 Å². The molecule has 1 aromatic heterocycles. The van der Waals surface area contributed by atoms with E-state index < -0.39 is 0 Å². The highest BCUT2D eigenvalue weighted by Crippen LogP contribution is 2.28. The van der Waals surface area contributed by atoms with E-state index in [-0.39, 0.29) is 12.7 Å². The zero-order valence-corrected chi connectivity index (χ0v) is 13.0. The average molecular weight is 307 g/mol. The molecule has 0 spiro atoms. The topological polar surface area (TPSA) is 89.6 Å². The normalized spacial score (nSPS) is 12.2. The number of nitrogens with one attached hydrogen (secondary N) is 1. The van der Waals surface area contributed by atoms with Gasteiger partial charge in [-0.05, 0) is 31.5 Å². The Kier molecular flexibility index (Phi) is 5.74. The van der Waals surface area contributed by atoms with Gasteiger partial charge in [0.05, 0.1) is 13.2 Å². The Morgan fingerprint density at radius 2 is 2.18 bits per heavy atom. The second kappa shape index (κ2) is 7.77. The molecule has 1 aromatic carbocycles. The van der Waals surface area contributed by atoms with Crippen molar-refractivity contribution < 1.29 is 19.1 Å². The summed E-state index contributed by atoms with van der Waals surface area (Å²) >= 11 is 0. The van der Waals surface area contributed by atoms with Gasteiger partial charge in [0.2, 0.25) is 0 Å². The quantitative estimate of drug-likeness (QED) is 0.762. The van der Waals surface area contributed by atoms with Crippen LogP contribution in [0, 0.1) is 6.92 Å². The minimum Gasteiger partial charge on any atom is -0.493 e. The third kappa shape index (κ3) is 4.71. The molecule has 0 radical (unpaired) electrons. The number of benzene rings is 1. The summed E-state index contributed by atoms with van der Waals surface area (Å²) in [5, 5.41) is 16.1. The Balaban J connectivity index is 1.96. The van der Waals surface area contributed by atoms with Gasteiger partial charge >= 0.3 is 0 Å². The first kappa shape index (κ1) is 16.3. The summed E-state index contributed by atoms with van der Waals surface area (Å²) in [5.41, 5.74) is 1.04. The van der Waals surface area contributed by atoms with Gasteiger partial charge in [-0.15, -0.1) is 0 Å². The van der Waals surface area contributed by atoms with Crippen LogP contribution < -0.4 is 14.8 Å². The molecular formula is C15H21N3O4. The summed E-state index contributed by atoms with van der Waals surface area (Å²) in [5.74, 6) is 2.23. The summed E-state index contributed by atoms with van der Waals surface area (Å²) < 4.78 is 16.0. The van der Waals surface area contributed by atoms with E-state index in [1.807, 2.05) is 18.2 Å². The van der Waals surface area contributed by atoms with E-state index in [4.69, 9.17) is 14.0 Å². The van der Waals surface area contributed by atoms with Crippen molar-refractivity contribution in [2.45, 2.75) is 33.1 Å². The van der Waals surface area contributed by atoms with Gasteiger partial charge in [0, 0.05) is 13.1 Å². The monoisotopic (exact) mass is 307 g/mol. The van der Waals surface area contributed by atoms with E-state index in [2.05, 4.69) is 15.5 Å². The number of aromatic nitrogens is 2. The summed E-state index contributed by atoms with van der Waals surface area (Å²) in [6, 6.07) is 5.66. The van der Waals surface area contributed by atoms with Gasteiger partial charge in [0.25, 0.3) is 5.89 Å². The van der Waals surface area contributed by atoms with Gasteiger partial charge in [-0.3, -0.25) is 0 Å². The highest BCUT2D eigenvalue weighted by Gasteiger charge is 2.09. The van der Waals surface area contributed by atoms with Crippen LogP contribution in [0.1, 0.15) is 24.2 Å². The maximum absolute atomic E-state index is 9.23. The third-order valence-electron chi connectivity index (χ3n) is 2.92. The number of hydrogen-bond acceptors (Lipinski definition) is 7. The Labute approximate surface area is 129 Å². The van der Waals surface area contributed by atoms with Crippen molar-refractivity contribution >= 4 is 0 Å². The average Bonchev–Trinajstić information content (AvgIpc) is 2.91. The number of methoxy groups -OCH3 is 1. The number of aliphatic hydroxyl groups is 1. The van der Waals surface area contributed by atoms with Crippen molar-refractivity contribution in [1.29, 1.82) is 0 Å². The molecule has 0 aliphatic heterocycles. The lowest BCUT2D eigenvalue weighted by molar-refractivity contribution is 0.191. The summed E-state index contributed by atoms with van der Waals surface area (Å²) in [6.07, 6.45) is -0.373. The van der Waals surface area contributed by atoms with E-state index in [1.54, 1.807) is 21.0 Å². The van der Waals surface area contributed by atoms with Crippen LogP contribution in [0.15, 0.2) is 22.7 Å². The van der Waals surface area contributed by atoms with Crippen molar-refractivity contribution in [2.24, 2.45) is 0 Å². The Bertz CT molecular complexity index is 598. The van der Waals surface area contributed by atoms with Crippen molar-refractivity contribution in [2.75, 3.05) is 13.7 Å². The minimum atomic E-state index is -0.373. The molecule has 2 aromatic rings. The molecule has 22 heavy (non-hydrogen) atoms. The molecule has 1 heterocycles. The molecule has 0 amide bonds. The molecule has 0 aliphatic rings. The highest BCUT2D eigenvalue weighted by atomic mass is 16.5. The summed E-state index contributed by atoms with van der Waals surface area (Å²) in [4.78, 5) is 4.08. The van der Waals surface area contributed by atoms with Crippen LogP contribution >= 0.6 is 0 Å².